The first-order valence-electron chi connectivity index (χ1n) is 10.0. The van der Waals surface area contributed by atoms with E-state index < -0.39 is 22.0 Å². The van der Waals surface area contributed by atoms with Crippen molar-refractivity contribution >= 4 is 27.3 Å². The molecule has 1 aromatic heterocycles. The minimum Gasteiger partial charge on any atom is -0.497 e. The first-order valence-corrected chi connectivity index (χ1v) is 11.9. The van der Waals surface area contributed by atoms with Crippen LogP contribution < -0.4 is 14.2 Å². The third-order valence-corrected chi connectivity index (χ3v) is 5.73. The number of ether oxygens (including phenoxy) is 2. The van der Waals surface area contributed by atoms with Gasteiger partial charge in [-0.25, -0.2) is 13.4 Å². The van der Waals surface area contributed by atoms with Gasteiger partial charge in [-0.2, -0.15) is 5.10 Å². The molecule has 1 aliphatic heterocycles. The van der Waals surface area contributed by atoms with E-state index in [4.69, 9.17) is 13.9 Å². The van der Waals surface area contributed by atoms with Gasteiger partial charge in [0.15, 0.2) is 5.76 Å². The van der Waals surface area contributed by atoms with Crippen LogP contribution in [0.15, 0.2) is 70.4 Å². The van der Waals surface area contributed by atoms with Gasteiger partial charge in [0.05, 0.1) is 44.2 Å². The van der Waals surface area contributed by atoms with Gasteiger partial charge in [-0.1, -0.05) is 18.2 Å². The first-order chi connectivity index (χ1) is 15.8. The molecule has 172 valence electrons. The number of nitrogens with one attached hydrogen (secondary N) is 1. The molecule has 0 radical (unpaired) electrons. The predicted octanol–water partition coefficient (Wildman–Crippen LogP) is 3.66. The maximum absolute atomic E-state index is 13.2. The van der Waals surface area contributed by atoms with Crippen molar-refractivity contribution in [1.82, 2.24) is 5.01 Å². The summed E-state index contributed by atoms with van der Waals surface area (Å²) in [6, 6.07) is 15.0. The van der Waals surface area contributed by atoms with Gasteiger partial charge in [0.2, 0.25) is 10.0 Å². The number of hydrogen-bond acceptors (Lipinski definition) is 7. The van der Waals surface area contributed by atoms with Gasteiger partial charge in [-0.3, -0.25) is 9.52 Å². The molecule has 0 fully saturated rings. The summed E-state index contributed by atoms with van der Waals surface area (Å²) in [5.74, 6) is 0.863. The smallest absolute Gasteiger partial charge is 0.310 e. The summed E-state index contributed by atoms with van der Waals surface area (Å²) in [7, 11) is -0.413. The van der Waals surface area contributed by atoms with E-state index in [0.717, 1.165) is 11.8 Å². The zero-order valence-corrected chi connectivity index (χ0v) is 19.1. The lowest BCUT2D eigenvalue weighted by atomic mass is 9.97. The number of carbonyl (C=O) groups is 1. The van der Waals surface area contributed by atoms with Crippen molar-refractivity contribution in [2.75, 3.05) is 25.2 Å². The quantitative estimate of drug-likeness (QED) is 0.565. The number of methoxy groups -OCH3 is 2. The average molecular weight is 470 g/mol. The van der Waals surface area contributed by atoms with E-state index in [1.54, 1.807) is 56.7 Å². The Labute approximate surface area is 191 Å². The van der Waals surface area contributed by atoms with Crippen LogP contribution in [0, 0.1) is 0 Å². The lowest BCUT2D eigenvalue weighted by molar-refractivity contribution is 0.0678. The number of rotatable bonds is 7. The maximum Gasteiger partial charge on any atom is 0.310 e. The lowest BCUT2D eigenvalue weighted by Gasteiger charge is -2.22. The van der Waals surface area contributed by atoms with Gasteiger partial charge in [-0.05, 0) is 35.9 Å². The van der Waals surface area contributed by atoms with Crippen LogP contribution in [0.5, 0.6) is 11.5 Å². The molecule has 0 saturated carbocycles. The molecular formula is C23H23N3O6S. The second kappa shape index (κ2) is 8.99. The van der Waals surface area contributed by atoms with Gasteiger partial charge < -0.3 is 13.9 Å². The Kier molecular flexibility index (Phi) is 6.10. The molecule has 1 amide bonds. The number of sulfonamides is 1. The fourth-order valence-electron chi connectivity index (χ4n) is 3.68. The Morgan fingerprint density at radius 3 is 2.39 bits per heavy atom. The average Bonchev–Trinajstić information content (AvgIpc) is 3.48. The fourth-order valence-corrected chi connectivity index (χ4v) is 4.26. The monoisotopic (exact) mass is 469 g/mol. The summed E-state index contributed by atoms with van der Waals surface area (Å²) < 4.78 is 42.4. The third kappa shape index (κ3) is 4.85. The molecule has 1 N–H and O–H groups in total. The number of nitrogens with zero attached hydrogens (tertiary/aromatic N) is 2. The van der Waals surface area contributed by atoms with Gasteiger partial charge in [-0.15, -0.1) is 0 Å². The van der Waals surface area contributed by atoms with E-state index >= 15 is 0 Å². The van der Waals surface area contributed by atoms with Gasteiger partial charge >= 0.3 is 5.91 Å². The highest BCUT2D eigenvalue weighted by Crippen LogP contribution is 2.38. The minimum atomic E-state index is -3.51. The Morgan fingerprint density at radius 1 is 1.09 bits per heavy atom. The molecule has 1 aliphatic rings. The van der Waals surface area contributed by atoms with E-state index in [1.807, 2.05) is 12.1 Å². The number of para-hydroxylation sites is 1. The third-order valence-electron chi connectivity index (χ3n) is 5.14. The molecule has 2 heterocycles. The summed E-state index contributed by atoms with van der Waals surface area (Å²) in [5, 5.41) is 5.94. The molecule has 10 heteroatoms. The number of furan rings is 1. The van der Waals surface area contributed by atoms with Crippen molar-refractivity contribution < 1.29 is 27.1 Å². The molecule has 1 atom stereocenters. The molecule has 0 saturated heterocycles. The van der Waals surface area contributed by atoms with E-state index in [2.05, 4.69) is 9.82 Å². The van der Waals surface area contributed by atoms with Crippen molar-refractivity contribution in [1.29, 1.82) is 0 Å². The van der Waals surface area contributed by atoms with Crippen molar-refractivity contribution in [2.24, 2.45) is 5.10 Å². The largest absolute Gasteiger partial charge is 0.497 e. The van der Waals surface area contributed by atoms with Crippen LogP contribution in [-0.2, 0) is 10.0 Å². The zero-order valence-electron chi connectivity index (χ0n) is 18.3. The molecule has 33 heavy (non-hydrogen) atoms. The molecule has 0 spiro atoms. The Morgan fingerprint density at radius 2 is 1.79 bits per heavy atom. The summed E-state index contributed by atoms with van der Waals surface area (Å²) in [4.78, 5) is 13.2. The molecule has 9 nitrogen and oxygen atoms in total. The number of hydrogen-bond donors (Lipinski definition) is 1. The molecule has 4 rings (SSSR count). The van der Waals surface area contributed by atoms with Crippen molar-refractivity contribution in [3.8, 4) is 11.5 Å². The van der Waals surface area contributed by atoms with Crippen LogP contribution in [0.2, 0.25) is 0 Å². The number of anilines is 1. The normalized spacial score (nSPS) is 15.8. The van der Waals surface area contributed by atoms with Crippen molar-refractivity contribution in [2.45, 2.75) is 12.5 Å². The van der Waals surface area contributed by atoms with Gasteiger partial charge in [0, 0.05) is 18.1 Å². The summed E-state index contributed by atoms with van der Waals surface area (Å²) >= 11 is 0. The van der Waals surface area contributed by atoms with Crippen LogP contribution in [0.1, 0.15) is 34.1 Å². The van der Waals surface area contributed by atoms with Crippen LogP contribution in [-0.4, -0.2) is 45.5 Å². The molecule has 0 unspecified atom stereocenters. The Balaban J connectivity index is 1.79. The van der Waals surface area contributed by atoms with E-state index in [0.29, 0.717) is 34.9 Å². The zero-order chi connectivity index (χ0) is 23.6. The Bertz CT molecular complexity index is 1280. The van der Waals surface area contributed by atoms with E-state index in [-0.39, 0.29) is 5.76 Å². The molecule has 0 bridgehead atoms. The highest BCUT2D eigenvalue weighted by atomic mass is 32.2. The number of amides is 1. The van der Waals surface area contributed by atoms with E-state index in [1.165, 1.54) is 11.3 Å². The Hall–Kier alpha value is -3.79. The fraction of sp³-hybridized carbons (Fsp3) is 0.217. The van der Waals surface area contributed by atoms with Gasteiger partial charge in [0.1, 0.15) is 11.5 Å². The highest BCUT2D eigenvalue weighted by molar-refractivity contribution is 7.92. The van der Waals surface area contributed by atoms with Crippen molar-refractivity contribution in [3.05, 3.63) is 77.7 Å². The minimum absolute atomic E-state index is 0.141. The highest BCUT2D eigenvalue weighted by Gasteiger charge is 2.36. The molecule has 2 aromatic carbocycles. The molecular weight excluding hydrogens is 446 g/mol. The number of carbonyl (C=O) groups excluding carboxylic acids is 1. The summed E-state index contributed by atoms with van der Waals surface area (Å²) in [6.07, 6.45) is 2.84. The van der Waals surface area contributed by atoms with Crippen LogP contribution in [0.25, 0.3) is 0 Å². The molecule has 0 aliphatic carbocycles. The molecule has 3 aromatic rings. The predicted molar refractivity (Wildman–Crippen MR) is 123 cm³/mol. The topological polar surface area (TPSA) is 110 Å². The van der Waals surface area contributed by atoms with Crippen LogP contribution in [0.3, 0.4) is 0 Å². The van der Waals surface area contributed by atoms with Gasteiger partial charge in [0.25, 0.3) is 0 Å². The summed E-state index contributed by atoms with van der Waals surface area (Å²) in [6.45, 7) is 0. The van der Waals surface area contributed by atoms with Crippen molar-refractivity contribution in [3.63, 3.8) is 0 Å². The van der Waals surface area contributed by atoms with E-state index in [9.17, 15) is 13.2 Å². The van der Waals surface area contributed by atoms with Crippen LogP contribution in [0.4, 0.5) is 5.69 Å². The number of hydrazone groups is 1. The second-order valence-electron chi connectivity index (χ2n) is 7.46. The maximum atomic E-state index is 13.2. The van der Waals surface area contributed by atoms with Crippen LogP contribution >= 0.6 is 0 Å². The lowest BCUT2D eigenvalue weighted by Crippen LogP contribution is -2.26. The first kappa shape index (κ1) is 22.4. The number of benzene rings is 2. The SMILES string of the molecule is COc1cc(OC)cc([C@@H]2CC(c3ccccc3NS(C)(=O)=O)=NN2C(=O)c2ccco2)c1. The summed E-state index contributed by atoms with van der Waals surface area (Å²) in [5.41, 5.74) is 2.26. The second-order valence-corrected chi connectivity index (χ2v) is 9.21. The standard InChI is InChI=1S/C23H23N3O6S/c1-30-16-11-15(12-17(13-16)31-2)21-14-20(24-26(21)23(27)22-9-6-10-32-22)18-7-4-5-8-19(18)25-33(3,28)29/h4-13,21,25H,14H2,1-3H3/t21-/m0/s1.